The van der Waals surface area contributed by atoms with Crippen molar-refractivity contribution in [3.8, 4) is 6.07 Å². The third-order valence-electron chi connectivity index (χ3n) is 4.04. The summed E-state index contributed by atoms with van der Waals surface area (Å²) in [7, 11) is 0. The first kappa shape index (κ1) is 17.5. The molecule has 23 heavy (non-hydrogen) atoms. The van der Waals surface area contributed by atoms with Gasteiger partial charge in [0.2, 0.25) is 11.8 Å². The summed E-state index contributed by atoms with van der Waals surface area (Å²) in [6, 6.07) is 9.64. The number of hydrogen-bond donors (Lipinski definition) is 1. The lowest BCUT2D eigenvalue weighted by atomic mass is 9.96. The molecule has 0 spiro atoms. The number of nitrogens with zero attached hydrogens (tertiary/aromatic N) is 2. The van der Waals surface area contributed by atoms with Gasteiger partial charge in [-0.3, -0.25) is 9.59 Å². The third kappa shape index (κ3) is 5.68. The summed E-state index contributed by atoms with van der Waals surface area (Å²) in [6.07, 6.45) is 2.10. The SMILES string of the molecule is N#CCC(=O)NCC1CCN(C(=O)Cc2cccc(Br)c2)CC1. The van der Waals surface area contributed by atoms with E-state index in [1.54, 1.807) is 0 Å². The van der Waals surface area contributed by atoms with Crippen LogP contribution < -0.4 is 5.32 Å². The van der Waals surface area contributed by atoms with Crippen molar-refractivity contribution in [2.45, 2.75) is 25.7 Å². The molecule has 1 aliphatic heterocycles. The number of carbonyl (C=O) groups excluding carboxylic acids is 2. The lowest BCUT2D eigenvalue weighted by molar-refractivity contribution is -0.132. The quantitative estimate of drug-likeness (QED) is 0.854. The van der Waals surface area contributed by atoms with Gasteiger partial charge in [0.25, 0.3) is 0 Å². The molecule has 0 aliphatic carbocycles. The van der Waals surface area contributed by atoms with E-state index in [9.17, 15) is 9.59 Å². The number of rotatable bonds is 5. The van der Waals surface area contributed by atoms with Crippen LogP contribution in [0.4, 0.5) is 0 Å². The molecule has 5 nitrogen and oxygen atoms in total. The van der Waals surface area contributed by atoms with Crippen molar-refractivity contribution < 1.29 is 9.59 Å². The second-order valence-corrected chi connectivity index (χ2v) is 6.69. The van der Waals surface area contributed by atoms with Gasteiger partial charge in [-0.15, -0.1) is 0 Å². The normalized spacial score (nSPS) is 15.0. The maximum Gasteiger partial charge on any atom is 0.234 e. The monoisotopic (exact) mass is 377 g/mol. The maximum absolute atomic E-state index is 12.3. The summed E-state index contributed by atoms with van der Waals surface area (Å²) in [5.41, 5.74) is 1.01. The van der Waals surface area contributed by atoms with E-state index >= 15 is 0 Å². The van der Waals surface area contributed by atoms with Crippen LogP contribution in [-0.4, -0.2) is 36.3 Å². The van der Waals surface area contributed by atoms with Crippen LogP contribution in [0, 0.1) is 17.2 Å². The molecule has 0 aromatic heterocycles. The number of benzene rings is 1. The molecule has 6 heteroatoms. The molecule has 0 unspecified atom stereocenters. The Bertz CT molecular complexity index is 604. The molecule has 2 rings (SSSR count). The highest BCUT2D eigenvalue weighted by Gasteiger charge is 2.23. The van der Waals surface area contributed by atoms with Crippen molar-refractivity contribution in [3.05, 3.63) is 34.3 Å². The second kappa shape index (κ2) is 8.68. The first-order valence-corrected chi connectivity index (χ1v) is 8.53. The molecule has 1 aromatic carbocycles. The van der Waals surface area contributed by atoms with Crippen molar-refractivity contribution in [1.29, 1.82) is 5.26 Å². The average molecular weight is 378 g/mol. The molecular weight excluding hydrogens is 358 g/mol. The van der Waals surface area contributed by atoms with Crippen LogP contribution in [0.25, 0.3) is 0 Å². The largest absolute Gasteiger partial charge is 0.355 e. The number of amides is 2. The summed E-state index contributed by atoms with van der Waals surface area (Å²) < 4.78 is 0.981. The summed E-state index contributed by atoms with van der Waals surface area (Å²) in [5, 5.41) is 11.2. The molecule has 1 aliphatic rings. The van der Waals surface area contributed by atoms with Crippen LogP contribution in [0.15, 0.2) is 28.7 Å². The van der Waals surface area contributed by atoms with Crippen molar-refractivity contribution in [1.82, 2.24) is 10.2 Å². The molecule has 0 radical (unpaired) electrons. The number of piperidine rings is 1. The Morgan fingerprint density at radius 3 is 2.74 bits per heavy atom. The van der Waals surface area contributed by atoms with Gasteiger partial charge in [-0.25, -0.2) is 0 Å². The van der Waals surface area contributed by atoms with Gasteiger partial charge in [0.1, 0.15) is 6.42 Å². The Hall–Kier alpha value is -1.87. The zero-order valence-electron chi connectivity index (χ0n) is 12.9. The van der Waals surface area contributed by atoms with Crippen LogP contribution in [0.5, 0.6) is 0 Å². The molecule has 0 bridgehead atoms. The Kier molecular flexibility index (Phi) is 6.60. The summed E-state index contributed by atoms with van der Waals surface area (Å²) in [4.78, 5) is 25.5. The van der Waals surface area contributed by atoms with Crippen LogP contribution in [-0.2, 0) is 16.0 Å². The molecule has 1 fully saturated rings. The third-order valence-corrected chi connectivity index (χ3v) is 4.53. The number of hydrogen-bond acceptors (Lipinski definition) is 3. The number of nitrogens with one attached hydrogen (secondary N) is 1. The number of nitriles is 1. The van der Waals surface area contributed by atoms with Gasteiger partial charge in [0.05, 0.1) is 12.5 Å². The molecule has 1 saturated heterocycles. The Labute approximate surface area is 144 Å². The lowest BCUT2D eigenvalue weighted by Gasteiger charge is -2.32. The van der Waals surface area contributed by atoms with E-state index in [0.29, 0.717) is 18.9 Å². The van der Waals surface area contributed by atoms with Gasteiger partial charge in [-0.1, -0.05) is 28.1 Å². The number of likely N-dealkylation sites (tertiary alicyclic amines) is 1. The van der Waals surface area contributed by atoms with Gasteiger partial charge >= 0.3 is 0 Å². The average Bonchev–Trinajstić information content (AvgIpc) is 2.54. The predicted molar refractivity (Wildman–Crippen MR) is 90.4 cm³/mol. The second-order valence-electron chi connectivity index (χ2n) is 5.77. The Morgan fingerprint density at radius 1 is 1.35 bits per heavy atom. The van der Waals surface area contributed by atoms with E-state index in [2.05, 4.69) is 21.2 Å². The topological polar surface area (TPSA) is 73.2 Å². The molecule has 2 amide bonds. The summed E-state index contributed by atoms with van der Waals surface area (Å²) in [6.45, 7) is 2.05. The van der Waals surface area contributed by atoms with Gasteiger partial charge in [0, 0.05) is 24.1 Å². The van der Waals surface area contributed by atoms with E-state index in [1.807, 2.05) is 35.2 Å². The van der Waals surface area contributed by atoms with E-state index in [4.69, 9.17) is 5.26 Å². The van der Waals surface area contributed by atoms with Gasteiger partial charge in [-0.05, 0) is 36.5 Å². The first-order valence-electron chi connectivity index (χ1n) is 7.74. The molecule has 1 heterocycles. The molecule has 122 valence electrons. The van der Waals surface area contributed by atoms with Crippen LogP contribution in [0.2, 0.25) is 0 Å². The predicted octanol–water partition coefficient (Wildman–Crippen LogP) is 2.26. The maximum atomic E-state index is 12.3. The van der Waals surface area contributed by atoms with Crippen molar-refractivity contribution in [2.24, 2.45) is 5.92 Å². The number of carbonyl (C=O) groups is 2. The standard InChI is InChI=1S/C17H20BrN3O2/c18-15-3-1-2-14(10-15)11-17(23)21-8-5-13(6-9-21)12-20-16(22)4-7-19/h1-3,10,13H,4-6,8-9,11-12H2,(H,20,22). The fourth-order valence-electron chi connectivity index (χ4n) is 2.71. The highest BCUT2D eigenvalue weighted by molar-refractivity contribution is 9.10. The molecule has 0 atom stereocenters. The smallest absolute Gasteiger partial charge is 0.234 e. The van der Waals surface area contributed by atoms with Crippen LogP contribution in [0.3, 0.4) is 0 Å². The molecular formula is C17H20BrN3O2. The van der Waals surface area contributed by atoms with Crippen LogP contribution >= 0.6 is 15.9 Å². The van der Waals surface area contributed by atoms with Crippen LogP contribution in [0.1, 0.15) is 24.8 Å². The molecule has 1 N–H and O–H groups in total. The van der Waals surface area contributed by atoms with Gasteiger partial charge in [0.15, 0.2) is 0 Å². The van der Waals surface area contributed by atoms with Gasteiger partial charge in [-0.2, -0.15) is 5.26 Å². The summed E-state index contributed by atoms with van der Waals surface area (Å²) in [5.74, 6) is 0.309. The van der Waals surface area contributed by atoms with Crippen molar-refractivity contribution in [2.75, 3.05) is 19.6 Å². The minimum absolute atomic E-state index is 0.0933. The Balaban J connectivity index is 1.74. The van der Waals surface area contributed by atoms with E-state index in [1.165, 1.54) is 0 Å². The zero-order chi connectivity index (χ0) is 16.7. The minimum atomic E-state index is -0.222. The highest BCUT2D eigenvalue weighted by Crippen LogP contribution is 2.18. The van der Waals surface area contributed by atoms with E-state index in [0.717, 1.165) is 36.0 Å². The fraction of sp³-hybridized carbons (Fsp3) is 0.471. The van der Waals surface area contributed by atoms with Crippen molar-refractivity contribution in [3.63, 3.8) is 0 Å². The lowest BCUT2D eigenvalue weighted by Crippen LogP contribution is -2.42. The van der Waals surface area contributed by atoms with Gasteiger partial charge < -0.3 is 10.2 Å². The zero-order valence-corrected chi connectivity index (χ0v) is 14.5. The van der Waals surface area contributed by atoms with E-state index in [-0.39, 0.29) is 18.2 Å². The van der Waals surface area contributed by atoms with Crippen molar-refractivity contribution >= 4 is 27.7 Å². The fourth-order valence-corrected chi connectivity index (χ4v) is 3.16. The molecule has 1 aromatic rings. The Morgan fingerprint density at radius 2 is 2.09 bits per heavy atom. The molecule has 0 saturated carbocycles. The van der Waals surface area contributed by atoms with E-state index < -0.39 is 0 Å². The first-order chi connectivity index (χ1) is 11.1. The number of halogens is 1. The minimum Gasteiger partial charge on any atom is -0.355 e. The highest BCUT2D eigenvalue weighted by atomic mass is 79.9. The summed E-state index contributed by atoms with van der Waals surface area (Å²) >= 11 is 3.42.